The number of nitrogen functional groups attached to an aromatic ring is 1. The van der Waals surface area contributed by atoms with Crippen LogP contribution in [0.5, 0.6) is 0 Å². The van der Waals surface area contributed by atoms with Crippen molar-refractivity contribution in [2.75, 3.05) is 5.73 Å². The van der Waals surface area contributed by atoms with Crippen LogP contribution in [0.4, 0.5) is 5.69 Å². The van der Waals surface area contributed by atoms with Crippen molar-refractivity contribution in [3.63, 3.8) is 0 Å². The zero-order valence-electron chi connectivity index (χ0n) is 11.0. The molecule has 1 aromatic rings. The molecule has 18 heavy (non-hydrogen) atoms. The van der Waals surface area contributed by atoms with E-state index < -0.39 is 0 Å². The highest BCUT2D eigenvalue weighted by atomic mass is 16.3. The van der Waals surface area contributed by atoms with Crippen molar-refractivity contribution >= 4 is 11.6 Å². The molecule has 1 amide bonds. The summed E-state index contributed by atoms with van der Waals surface area (Å²) in [7, 11) is 0. The van der Waals surface area contributed by atoms with Crippen LogP contribution in [0.2, 0.25) is 0 Å². The molecule has 1 aliphatic carbocycles. The molecule has 2 unspecified atom stereocenters. The summed E-state index contributed by atoms with van der Waals surface area (Å²) in [5, 5.41) is 12.6. The number of aliphatic hydroxyl groups is 1. The van der Waals surface area contributed by atoms with Gasteiger partial charge in [0, 0.05) is 22.7 Å². The third-order valence-corrected chi connectivity index (χ3v) is 4.02. The maximum Gasteiger partial charge on any atom is 0.251 e. The van der Waals surface area contributed by atoms with Gasteiger partial charge in [0.2, 0.25) is 0 Å². The molecule has 2 atom stereocenters. The molecule has 4 nitrogen and oxygen atoms in total. The van der Waals surface area contributed by atoms with Crippen molar-refractivity contribution < 1.29 is 9.90 Å². The molecule has 1 aliphatic rings. The van der Waals surface area contributed by atoms with Crippen molar-refractivity contribution in [1.82, 2.24) is 5.32 Å². The molecule has 2 rings (SSSR count). The number of carbonyl (C=O) groups excluding carboxylic acids is 1. The predicted molar refractivity (Wildman–Crippen MR) is 71.3 cm³/mol. The summed E-state index contributed by atoms with van der Waals surface area (Å²) < 4.78 is 0. The van der Waals surface area contributed by atoms with Gasteiger partial charge in [-0.3, -0.25) is 4.79 Å². The topological polar surface area (TPSA) is 75.4 Å². The Morgan fingerprint density at radius 3 is 2.67 bits per heavy atom. The van der Waals surface area contributed by atoms with E-state index in [2.05, 4.69) is 5.32 Å². The Hall–Kier alpha value is -1.55. The Balaban J connectivity index is 2.09. The number of nitrogens with two attached hydrogens (primary N) is 1. The van der Waals surface area contributed by atoms with E-state index in [1.807, 2.05) is 20.8 Å². The van der Waals surface area contributed by atoms with Crippen molar-refractivity contribution in [2.24, 2.45) is 5.41 Å². The fourth-order valence-electron chi connectivity index (χ4n) is 2.33. The van der Waals surface area contributed by atoms with E-state index >= 15 is 0 Å². The lowest BCUT2D eigenvalue weighted by Crippen LogP contribution is -2.61. The first-order valence-corrected chi connectivity index (χ1v) is 6.17. The summed E-state index contributed by atoms with van der Waals surface area (Å²) in [5.41, 5.74) is 7.57. The molecule has 98 valence electrons. The monoisotopic (exact) mass is 248 g/mol. The number of nitrogens with one attached hydrogen (secondary N) is 1. The first kappa shape index (κ1) is 12.9. The maximum absolute atomic E-state index is 12.1. The summed E-state index contributed by atoms with van der Waals surface area (Å²) >= 11 is 0. The lowest BCUT2D eigenvalue weighted by atomic mass is 9.64. The van der Waals surface area contributed by atoms with E-state index in [4.69, 9.17) is 5.73 Å². The summed E-state index contributed by atoms with van der Waals surface area (Å²) in [4.78, 5) is 12.1. The third-order valence-electron chi connectivity index (χ3n) is 4.02. The van der Waals surface area contributed by atoms with Crippen LogP contribution in [0, 0.1) is 12.3 Å². The van der Waals surface area contributed by atoms with Crippen LogP contribution in [0.3, 0.4) is 0 Å². The molecule has 4 heteroatoms. The second kappa shape index (κ2) is 4.28. The van der Waals surface area contributed by atoms with Crippen LogP contribution in [0.25, 0.3) is 0 Å². The Kier molecular flexibility index (Phi) is 3.07. The van der Waals surface area contributed by atoms with Gasteiger partial charge in [0.25, 0.3) is 5.91 Å². The smallest absolute Gasteiger partial charge is 0.251 e. The Bertz CT molecular complexity index is 483. The molecule has 0 spiro atoms. The summed E-state index contributed by atoms with van der Waals surface area (Å²) in [6.07, 6.45) is 0.280. The summed E-state index contributed by atoms with van der Waals surface area (Å²) in [6.45, 7) is 5.79. The first-order chi connectivity index (χ1) is 8.32. The van der Waals surface area contributed by atoms with Gasteiger partial charge >= 0.3 is 0 Å². The lowest BCUT2D eigenvalue weighted by molar-refractivity contribution is -0.0689. The molecule has 0 saturated heterocycles. The normalized spacial score (nSPS) is 25.3. The molecule has 1 fully saturated rings. The first-order valence-electron chi connectivity index (χ1n) is 6.17. The number of hydrogen-bond acceptors (Lipinski definition) is 3. The quantitative estimate of drug-likeness (QED) is 0.694. The van der Waals surface area contributed by atoms with Crippen molar-refractivity contribution in [1.29, 1.82) is 0 Å². The molecular formula is C14H20N2O2. The number of benzene rings is 1. The minimum absolute atomic E-state index is 0.0250. The zero-order valence-corrected chi connectivity index (χ0v) is 11.0. The highest BCUT2D eigenvalue weighted by molar-refractivity contribution is 5.96. The average Bonchev–Trinajstić information content (AvgIpc) is 2.28. The van der Waals surface area contributed by atoms with Crippen LogP contribution in [-0.2, 0) is 0 Å². The van der Waals surface area contributed by atoms with Gasteiger partial charge in [0.15, 0.2) is 0 Å². The molecule has 0 radical (unpaired) electrons. The lowest BCUT2D eigenvalue weighted by Gasteiger charge is -2.49. The van der Waals surface area contributed by atoms with Crippen molar-refractivity contribution in [3.05, 3.63) is 29.3 Å². The number of rotatable bonds is 2. The number of aryl methyl sites for hydroxylation is 1. The van der Waals surface area contributed by atoms with Crippen LogP contribution >= 0.6 is 0 Å². The largest absolute Gasteiger partial charge is 0.399 e. The molecule has 0 bridgehead atoms. The fraction of sp³-hybridized carbons (Fsp3) is 0.500. The van der Waals surface area contributed by atoms with Gasteiger partial charge < -0.3 is 16.2 Å². The highest BCUT2D eigenvalue weighted by Gasteiger charge is 2.48. The minimum atomic E-state index is -0.338. The molecule has 0 heterocycles. The summed E-state index contributed by atoms with van der Waals surface area (Å²) in [6, 6.07) is 5.28. The second-order valence-electron chi connectivity index (χ2n) is 5.67. The van der Waals surface area contributed by atoms with E-state index in [0.29, 0.717) is 17.7 Å². The van der Waals surface area contributed by atoms with Gasteiger partial charge in [-0.1, -0.05) is 13.8 Å². The van der Waals surface area contributed by atoms with E-state index in [-0.39, 0.29) is 23.5 Å². The van der Waals surface area contributed by atoms with Crippen LogP contribution in [0.1, 0.15) is 36.2 Å². The van der Waals surface area contributed by atoms with Crippen LogP contribution < -0.4 is 11.1 Å². The SMILES string of the molecule is Cc1cc(N)ccc1C(=O)NC1CC(O)C1(C)C. The molecule has 0 aliphatic heterocycles. The van der Waals surface area contributed by atoms with E-state index in [0.717, 1.165) is 5.56 Å². The zero-order chi connectivity index (χ0) is 13.5. The van der Waals surface area contributed by atoms with Crippen molar-refractivity contribution in [3.8, 4) is 0 Å². The van der Waals surface area contributed by atoms with Crippen LogP contribution in [-0.4, -0.2) is 23.2 Å². The number of anilines is 1. The number of amides is 1. The van der Waals surface area contributed by atoms with Gasteiger partial charge in [0.1, 0.15) is 0 Å². The molecule has 1 aromatic carbocycles. The predicted octanol–water partition coefficient (Wildman–Crippen LogP) is 1.47. The van der Waals surface area contributed by atoms with E-state index in [9.17, 15) is 9.90 Å². The van der Waals surface area contributed by atoms with Gasteiger partial charge in [-0.25, -0.2) is 0 Å². The number of carbonyl (C=O) groups is 1. The third kappa shape index (κ3) is 2.08. The Morgan fingerprint density at radius 1 is 1.50 bits per heavy atom. The minimum Gasteiger partial charge on any atom is -0.399 e. The molecule has 0 aromatic heterocycles. The van der Waals surface area contributed by atoms with Crippen molar-refractivity contribution in [2.45, 2.75) is 39.3 Å². The number of aliphatic hydroxyl groups excluding tert-OH is 1. The van der Waals surface area contributed by atoms with Gasteiger partial charge in [-0.05, 0) is 37.1 Å². The Labute approximate surface area is 107 Å². The van der Waals surface area contributed by atoms with Crippen LogP contribution in [0.15, 0.2) is 18.2 Å². The number of hydrogen-bond donors (Lipinski definition) is 3. The van der Waals surface area contributed by atoms with Gasteiger partial charge in [0.05, 0.1) is 6.10 Å². The highest BCUT2D eigenvalue weighted by Crippen LogP contribution is 2.40. The Morgan fingerprint density at radius 2 is 2.17 bits per heavy atom. The van der Waals surface area contributed by atoms with E-state index in [1.54, 1.807) is 18.2 Å². The molecule has 1 saturated carbocycles. The fourth-order valence-corrected chi connectivity index (χ4v) is 2.33. The van der Waals surface area contributed by atoms with Gasteiger partial charge in [-0.15, -0.1) is 0 Å². The second-order valence-corrected chi connectivity index (χ2v) is 5.67. The average molecular weight is 248 g/mol. The molecular weight excluding hydrogens is 228 g/mol. The van der Waals surface area contributed by atoms with E-state index in [1.165, 1.54) is 0 Å². The molecule has 4 N–H and O–H groups in total. The maximum atomic E-state index is 12.1. The van der Waals surface area contributed by atoms with Gasteiger partial charge in [-0.2, -0.15) is 0 Å². The standard InChI is InChI=1S/C14H20N2O2/c1-8-6-9(15)4-5-10(8)13(18)16-11-7-12(17)14(11,2)3/h4-6,11-12,17H,7,15H2,1-3H3,(H,16,18). The summed E-state index contributed by atoms with van der Waals surface area (Å²) in [5.74, 6) is -0.0996.